The summed E-state index contributed by atoms with van der Waals surface area (Å²) >= 11 is 0. The smallest absolute Gasteiger partial charge is 0.225 e. The number of phenols is 1. The topological polar surface area (TPSA) is 95.4 Å². The highest BCUT2D eigenvalue weighted by Crippen LogP contribution is 2.28. The SMILES string of the molecule is CN(Cc1cccc(O)c1)c1ncc(S(C)(=O)=O)c([C@@H]2CCCNC2)n1. The number of nitrogens with one attached hydrogen (secondary N) is 1. The highest BCUT2D eigenvalue weighted by molar-refractivity contribution is 7.90. The summed E-state index contributed by atoms with van der Waals surface area (Å²) in [4.78, 5) is 10.9. The molecule has 8 heteroatoms. The molecule has 2 N–H and O–H groups in total. The molecule has 2 aromatic rings. The van der Waals surface area contributed by atoms with Crippen LogP contribution in [0.4, 0.5) is 5.95 Å². The maximum atomic E-state index is 12.2. The molecule has 26 heavy (non-hydrogen) atoms. The number of benzene rings is 1. The largest absolute Gasteiger partial charge is 0.508 e. The lowest BCUT2D eigenvalue weighted by Crippen LogP contribution is -2.30. The summed E-state index contributed by atoms with van der Waals surface area (Å²) in [6.45, 7) is 2.17. The van der Waals surface area contributed by atoms with E-state index in [9.17, 15) is 13.5 Å². The molecule has 3 rings (SSSR count). The average Bonchev–Trinajstić information content (AvgIpc) is 2.61. The summed E-state index contributed by atoms with van der Waals surface area (Å²) in [5.74, 6) is 0.740. The molecule has 0 radical (unpaired) electrons. The van der Waals surface area contributed by atoms with Crippen LogP contribution in [0.5, 0.6) is 5.75 Å². The second kappa shape index (κ2) is 7.59. The first-order valence-corrected chi connectivity index (χ1v) is 10.5. The van der Waals surface area contributed by atoms with E-state index in [4.69, 9.17) is 0 Å². The van der Waals surface area contributed by atoms with Gasteiger partial charge in [-0.25, -0.2) is 18.4 Å². The van der Waals surface area contributed by atoms with Crippen LogP contribution in [0.1, 0.15) is 30.0 Å². The maximum Gasteiger partial charge on any atom is 0.225 e. The quantitative estimate of drug-likeness (QED) is 0.820. The highest BCUT2D eigenvalue weighted by Gasteiger charge is 2.25. The Labute approximate surface area is 154 Å². The van der Waals surface area contributed by atoms with Gasteiger partial charge < -0.3 is 15.3 Å². The van der Waals surface area contributed by atoms with Crippen molar-refractivity contribution in [1.29, 1.82) is 0 Å². The fraction of sp³-hybridized carbons (Fsp3) is 0.444. The van der Waals surface area contributed by atoms with Crippen LogP contribution >= 0.6 is 0 Å². The Morgan fingerprint density at radius 1 is 1.38 bits per heavy atom. The molecule has 1 aliphatic heterocycles. The Morgan fingerprint density at radius 2 is 2.19 bits per heavy atom. The summed E-state index contributed by atoms with van der Waals surface area (Å²) in [5, 5.41) is 12.9. The van der Waals surface area contributed by atoms with Crippen LogP contribution in [0.3, 0.4) is 0 Å². The van der Waals surface area contributed by atoms with Gasteiger partial charge in [-0.2, -0.15) is 0 Å². The van der Waals surface area contributed by atoms with Crippen molar-refractivity contribution in [3.05, 3.63) is 41.7 Å². The van der Waals surface area contributed by atoms with Crippen LogP contribution in [-0.4, -0.2) is 49.9 Å². The zero-order valence-corrected chi connectivity index (χ0v) is 15.8. The molecule has 1 aromatic heterocycles. The van der Waals surface area contributed by atoms with Crippen molar-refractivity contribution in [2.75, 3.05) is 31.3 Å². The summed E-state index contributed by atoms with van der Waals surface area (Å²) in [6.07, 6.45) is 4.51. The molecule has 140 valence electrons. The van der Waals surface area contributed by atoms with Crippen molar-refractivity contribution in [3.63, 3.8) is 0 Å². The van der Waals surface area contributed by atoms with Crippen molar-refractivity contribution in [1.82, 2.24) is 15.3 Å². The van der Waals surface area contributed by atoms with E-state index >= 15 is 0 Å². The van der Waals surface area contributed by atoms with Crippen molar-refractivity contribution in [2.45, 2.75) is 30.2 Å². The molecule has 2 heterocycles. The van der Waals surface area contributed by atoms with Gasteiger partial charge in [0.25, 0.3) is 0 Å². The third kappa shape index (κ3) is 4.31. The third-order valence-corrected chi connectivity index (χ3v) is 5.64. The number of piperidine rings is 1. The van der Waals surface area contributed by atoms with Crippen molar-refractivity contribution in [3.8, 4) is 5.75 Å². The fourth-order valence-electron chi connectivity index (χ4n) is 3.22. The molecular formula is C18H24N4O3S. The first kappa shape index (κ1) is 18.6. The molecule has 1 atom stereocenters. The molecule has 0 unspecified atom stereocenters. The molecule has 0 spiro atoms. The zero-order chi connectivity index (χ0) is 18.7. The van der Waals surface area contributed by atoms with Gasteiger partial charge in [0, 0.05) is 32.3 Å². The van der Waals surface area contributed by atoms with E-state index in [2.05, 4.69) is 15.3 Å². The number of phenolic OH excluding ortho intramolecular Hbond substituents is 1. The van der Waals surface area contributed by atoms with Gasteiger partial charge in [-0.1, -0.05) is 12.1 Å². The van der Waals surface area contributed by atoms with Gasteiger partial charge in [0.15, 0.2) is 9.84 Å². The minimum absolute atomic E-state index is 0.0596. The normalized spacial score (nSPS) is 17.8. The second-order valence-corrected chi connectivity index (χ2v) is 8.75. The molecule has 1 aliphatic rings. The summed E-state index contributed by atoms with van der Waals surface area (Å²) in [6, 6.07) is 7.00. The molecule has 0 amide bonds. The molecule has 1 fully saturated rings. The fourth-order valence-corrected chi connectivity index (χ4v) is 4.06. The number of rotatable bonds is 5. The molecule has 1 saturated heterocycles. The van der Waals surface area contributed by atoms with Crippen LogP contribution < -0.4 is 10.2 Å². The van der Waals surface area contributed by atoms with Crippen LogP contribution in [-0.2, 0) is 16.4 Å². The lowest BCUT2D eigenvalue weighted by Gasteiger charge is -2.25. The van der Waals surface area contributed by atoms with Gasteiger partial charge in [-0.15, -0.1) is 0 Å². The number of aromatic hydroxyl groups is 1. The Balaban J connectivity index is 1.92. The summed E-state index contributed by atoms with van der Waals surface area (Å²) in [7, 11) is -1.54. The standard InChI is InChI=1S/C18H24N4O3S/c1-22(12-13-5-3-7-15(23)9-13)18-20-11-16(26(2,24)25)17(21-18)14-6-4-8-19-10-14/h3,5,7,9,11,14,19,23H,4,6,8,10,12H2,1-2H3/t14-/m1/s1. The number of aromatic nitrogens is 2. The first-order chi connectivity index (χ1) is 12.3. The predicted molar refractivity (Wildman–Crippen MR) is 100 cm³/mol. The highest BCUT2D eigenvalue weighted by atomic mass is 32.2. The number of hydrogen-bond donors (Lipinski definition) is 2. The van der Waals surface area contributed by atoms with E-state index in [1.54, 1.807) is 18.2 Å². The minimum Gasteiger partial charge on any atom is -0.508 e. The number of sulfone groups is 1. The zero-order valence-electron chi connectivity index (χ0n) is 15.0. The van der Waals surface area contributed by atoms with Crippen molar-refractivity contribution in [2.24, 2.45) is 0 Å². The molecule has 7 nitrogen and oxygen atoms in total. The van der Waals surface area contributed by atoms with Gasteiger partial charge in [0.05, 0.1) is 11.9 Å². The van der Waals surface area contributed by atoms with E-state index in [0.717, 1.165) is 31.5 Å². The molecule has 0 bridgehead atoms. The Bertz CT molecular complexity index is 880. The van der Waals surface area contributed by atoms with E-state index in [0.29, 0.717) is 18.2 Å². The van der Waals surface area contributed by atoms with Gasteiger partial charge in [-0.05, 0) is 37.1 Å². The summed E-state index contributed by atoms with van der Waals surface area (Å²) < 4.78 is 24.3. The van der Waals surface area contributed by atoms with Crippen molar-refractivity contribution < 1.29 is 13.5 Å². The Kier molecular flexibility index (Phi) is 5.43. The van der Waals surface area contributed by atoms with Crippen LogP contribution in [0.2, 0.25) is 0 Å². The first-order valence-electron chi connectivity index (χ1n) is 8.61. The van der Waals surface area contributed by atoms with E-state index in [-0.39, 0.29) is 16.6 Å². The Hall–Kier alpha value is -2.19. The lowest BCUT2D eigenvalue weighted by molar-refractivity contribution is 0.447. The predicted octanol–water partition coefficient (Wildman–Crippen LogP) is 1.69. The minimum atomic E-state index is -3.39. The van der Waals surface area contributed by atoms with Crippen LogP contribution in [0.15, 0.2) is 35.4 Å². The van der Waals surface area contributed by atoms with E-state index in [1.807, 2.05) is 18.0 Å². The lowest BCUT2D eigenvalue weighted by atomic mass is 9.96. The number of anilines is 1. The van der Waals surface area contributed by atoms with E-state index in [1.165, 1.54) is 12.5 Å². The number of nitrogens with zero attached hydrogens (tertiary/aromatic N) is 3. The van der Waals surface area contributed by atoms with Gasteiger partial charge in [0.1, 0.15) is 10.6 Å². The van der Waals surface area contributed by atoms with E-state index < -0.39 is 9.84 Å². The second-order valence-electron chi connectivity index (χ2n) is 6.76. The molecule has 1 aromatic carbocycles. The summed E-state index contributed by atoms with van der Waals surface area (Å²) in [5.41, 5.74) is 1.51. The Morgan fingerprint density at radius 3 is 2.85 bits per heavy atom. The molecular weight excluding hydrogens is 352 g/mol. The van der Waals surface area contributed by atoms with Gasteiger partial charge >= 0.3 is 0 Å². The molecule has 0 saturated carbocycles. The number of hydrogen-bond acceptors (Lipinski definition) is 7. The molecule has 0 aliphatic carbocycles. The average molecular weight is 376 g/mol. The monoisotopic (exact) mass is 376 g/mol. The van der Waals surface area contributed by atoms with Crippen molar-refractivity contribution >= 4 is 15.8 Å². The van der Waals surface area contributed by atoms with Crippen LogP contribution in [0, 0.1) is 0 Å². The van der Waals surface area contributed by atoms with Gasteiger partial charge in [-0.3, -0.25) is 0 Å². The van der Waals surface area contributed by atoms with Crippen LogP contribution in [0.25, 0.3) is 0 Å². The van der Waals surface area contributed by atoms with Gasteiger partial charge in [0.2, 0.25) is 5.95 Å². The third-order valence-electron chi connectivity index (χ3n) is 4.52. The maximum absolute atomic E-state index is 12.2.